The van der Waals surface area contributed by atoms with Crippen molar-refractivity contribution in [1.29, 1.82) is 0 Å². The Morgan fingerprint density at radius 2 is 1.77 bits per heavy atom. The second kappa shape index (κ2) is 7.94. The SMILES string of the molecule is COc1cc(NC(=O)N2CCN3C(=O)c4ccccc4NC(=O)[C@@H]3C2)cc(OC)c1. The highest BCUT2D eigenvalue weighted by Gasteiger charge is 2.40. The second-order valence-corrected chi connectivity index (χ2v) is 7.03. The van der Waals surface area contributed by atoms with Gasteiger partial charge in [-0.3, -0.25) is 9.59 Å². The number of hydrogen-bond donors (Lipinski definition) is 2. The molecular formula is C21H22N4O5. The van der Waals surface area contributed by atoms with E-state index in [9.17, 15) is 14.4 Å². The van der Waals surface area contributed by atoms with Crippen LogP contribution in [0.15, 0.2) is 42.5 Å². The van der Waals surface area contributed by atoms with Crippen LogP contribution in [0, 0.1) is 0 Å². The Labute approximate surface area is 173 Å². The summed E-state index contributed by atoms with van der Waals surface area (Å²) in [6, 6.07) is 10.8. The first-order valence-corrected chi connectivity index (χ1v) is 9.50. The smallest absolute Gasteiger partial charge is 0.321 e. The second-order valence-electron chi connectivity index (χ2n) is 7.03. The summed E-state index contributed by atoms with van der Waals surface area (Å²) >= 11 is 0. The average molecular weight is 410 g/mol. The molecule has 9 nitrogen and oxygen atoms in total. The standard InChI is InChI=1S/C21H22N4O5/c1-29-14-9-13(10-15(11-14)30-2)22-21(28)24-7-8-25-18(12-24)19(26)23-17-6-4-3-5-16(17)20(25)27/h3-6,9-11,18H,7-8,12H2,1-2H3,(H,22,28)(H,23,26)/t18-/m0/s1. The lowest BCUT2D eigenvalue weighted by molar-refractivity contribution is -0.121. The Morgan fingerprint density at radius 3 is 2.47 bits per heavy atom. The van der Waals surface area contributed by atoms with Gasteiger partial charge in [0.25, 0.3) is 5.91 Å². The van der Waals surface area contributed by atoms with Gasteiger partial charge in [0, 0.05) is 37.0 Å². The van der Waals surface area contributed by atoms with Crippen molar-refractivity contribution in [2.75, 3.05) is 44.5 Å². The maximum Gasteiger partial charge on any atom is 0.321 e. The third-order valence-electron chi connectivity index (χ3n) is 5.25. The van der Waals surface area contributed by atoms with Crippen molar-refractivity contribution >= 4 is 29.2 Å². The molecule has 0 aliphatic carbocycles. The first kappa shape index (κ1) is 19.6. The number of rotatable bonds is 3. The molecule has 1 atom stereocenters. The van der Waals surface area contributed by atoms with E-state index < -0.39 is 6.04 Å². The molecule has 0 bridgehead atoms. The van der Waals surface area contributed by atoms with E-state index in [1.807, 2.05) is 0 Å². The van der Waals surface area contributed by atoms with E-state index in [1.165, 1.54) is 24.0 Å². The molecule has 0 unspecified atom stereocenters. The minimum atomic E-state index is -0.760. The van der Waals surface area contributed by atoms with E-state index in [4.69, 9.17) is 9.47 Å². The van der Waals surface area contributed by atoms with Gasteiger partial charge in [0.05, 0.1) is 32.0 Å². The number of nitrogens with one attached hydrogen (secondary N) is 2. The molecule has 2 aromatic carbocycles. The molecule has 4 amide bonds. The Balaban J connectivity index is 1.51. The van der Waals surface area contributed by atoms with Crippen molar-refractivity contribution in [3.05, 3.63) is 48.0 Å². The van der Waals surface area contributed by atoms with Crippen LogP contribution < -0.4 is 20.1 Å². The minimum absolute atomic E-state index is 0.0957. The van der Waals surface area contributed by atoms with Crippen molar-refractivity contribution in [1.82, 2.24) is 9.80 Å². The zero-order valence-corrected chi connectivity index (χ0v) is 16.7. The molecule has 0 radical (unpaired) electrons. The molecule has 2 aliphatic rings. The van der Waals surface area contributed by atoms with Crippen LogP contribution >= 0.6 is 0 Å². The van der Waals surface area contributed by atoms with Gasteiger partial charge in [0.1, 0.15) is 17.5 Å². The van der Waals surface area contributed by atoms with Gasteiger partial charge in [-0.25, -0.2) is 4.79 Å². The number of amides is 4. The summed E-state index contributed by atoms with van der Waals surface area (Å²) in [5, 5.41) is 5.61. The number of para-hydroxylation sites is 1. The third kappa shape index (κ3) is 3.61. The van der Waals surface area contributed by atoms with Gasteiger partial charge in [-0.2, -0.15) is 0 Å². The van der Waals surface area contributed by atoms with Crippen LogP contribution in [0.4, 0.5) is 16.2 Å². The molecule has 156 valence electrons. The summed E-state index contributed by atoms with van der Waals surface area (Å²) < 4.78 is 10.4. The molecule has 1 fully saturated rings. The number of benzene rings is 2. The van der Waals surface area contributed by atoms with Crippen molar-refractivity contribution in [2.24, 2.45) is 0 Å². The summed E-state index contributed by atoms with van der Waals surface area (Å²) in [6.07, 6.45) is 0. The number of hydrogen-bond acceptors (Lipinski definition) is 5. The molecule has 4 rings (SSSR count). The first-order chi connectivity index (χ1) is 14.5. The fourth-order valence-corrected chi connectivity index (χ4v) is 3.67. The largest absolute Gasteiger partial charge is 0.497 e. The van der Waals surface area contributed by atoms with Crippen LogP contribution in [-0.2, 0) is 4.79 Å². The van der Waals surface area contributed by atoms with Gasteiger partial charge in [0.2, 0.25) is 5.91 Å². The molecule has 2 N–H and O–H groups in total. The van der Waals surface area contributed by atoms with Crippen LogP contribution in [0.2, 0.25) is 0 Å². The number of fused-ring (bicyclic) bond motifs is 2. The molecule has 2 heterocycles. The zero-order valence-electron chi connectivity index (χ0n) is 16.7. The predicted octanol–water partition coefficient (Wildman–Crippen LogP) is 2.01. The van der Waals surface area contributed by atoms with Crippen molar-refractivity contribution < 1.29 is 23.9 Å². The van der Waals surface area contributed by atoms with E-state index >= 15 is 0 Å². The van der Waals surface area contributed by atoms with Gasteiger partial charge >= 0.3 is 6.03 Å². The van der Waals surface area contributed by atoms with E-state index in [0.717, 1.165) is 0 Å². The van der Waals surface area contributed by atoms with Crippen LogP contribution in [0.1, 0.15) is 10.4 Å². The Hall–Kier alpha value is -3.75. The fraction of sp³-hybridized carbons (Fsp3) is 0.286. The Morgan fingerprint density at radius 1 is 1.07 bits per heavy atom. The lowest BCUT2D eigenvalue weighted by Crippen LogP contribution is -2.60. The van der Waals surface area contributed by atoms with E-state index in [-0.39, 0.29) is 30.9 Å². The normalized spacial score (nSPS) is 18.0. The van der Waals surface area contributed by atoms with Crippen molar-refractivity contribution in [2.45, 2.75) is 6.04 Å². The zero-order chi connectivity index (χ0) is 21.3. The quantitative estimate of drug-likeness (QED) is 0.806. The number of nitrogens with zero attached hydrogens (tertiary/aromatic N) is 2. The average Bonchev–Trinajstić information content (AvgIpc) is 2.87. The summed E-state index contributed by atoms with van der Waals surface area (Å²) in [7, 11) is 3.05. The lowest BCUT2D eigenvalue weighted by Gasteiger charge is -2.39. The van der Waals surface area contributed by atoms with Gasteiger partial charge in [-0.1, -0.05) is 12.1 Å². The highest BCUT2D eigenvalue weighted by atomic mass is 16.5. The van der Waals surface area contributed by atoms with Gasteiger partial charge in [0.15, 0.2) is 0 Å². The molecule has 30 heavy (non-hydrogen) atoms. The maximum atomic E-state index is 12.9. The lowest BCUT2D eigenvalue weighted by atomic mass is 10.1. The van der Waals surface area contributed by atoms with Crippen molar-refractivity contribution in [3.8, 4) is 11.5 Å². The van der Waals surface area contributed by atoms with Crippen LogP contribution in [0.25, 0.3) is 0 Å². The van der Waals surface area contributed by atoms with Crippen LogP contribution in [-0.4, -0.2) is 67.5 Å². The molecule has 1 saturated heterocycles. The number of piperazine rings is 1. The van der Waals surface area contributed by atoms with E-state index in [2.05, 4.69) is 10.6 Å². The summed E-state index contributed by atoms with van der Waals surface area (Å²) in [6.45, 7) is 0.670. The number of ether oxygens (including phenoxy) is 2. The summed E-state index contributed by atoms with van der Waals surface area (Å²) in [5.74, 6) is 0.558. The highest BCUT2D eigenvalue weighted by Crippen LogP contribution is 2.27. The van der Waals surface area contributed by atoms with Crippen LogP contribution in [0.5, 0.6) is 11.5 Å². The monoisotopic (exact) mass is 410 g/mol. The van der Waals surface area contributed by atoms with Crippen molar-refractivity contribution in [3.63, 3.8) is 0 Å². The fourth-order valence-electron chi connectivity index (χ4n) is 3.67. The van der Waals surface area contributed by atoms with Gasteiger partial charge < -0.3 is 29.9 Å². The molecule has 0 saturated carbocycles. The molecular weight excluding hydrogens is 388 g/mol. The van der Waals surface area contributed by atoms with Gasteiger partial charge in [-0.05, 0) is 12.1 Å². The maximum absolute atomic E-state index is 12.9. The molecule has 2 aliphatic heterocycles. The predicted molar refractivity (Wildman–Crippen MR) is 110 cm³/mol. The number of carbonyl (C=O) groups is 3. The van der Waals surface area contributed by atoms with E-state index in [1.54, 1.807) is 42.5 Å². The molecule has 0 aromatic heterocycles. The minimum Gasteiger partial charge on any atom is -0.497 e. The topological polar surface area (TPSA) is 100 Å². The number of carbonyl (C=O) groups excluding carboxylic acids is 3. The first-order valence-electron chi connectivity index (χ1n) is 9.50. The Bertz CT molecular complexity index is 986. The molecule has 9 heteroatoms. The van der Waals surface area contributed by atoms with E-state index in [0.29, 0.717) is 35.0 Å². The summed E-state index contributed by atoms with van der Waals surface area (Å²) in [5.41, 5.74) is 1.45. The van der Waals surface area contributed by atoms with Crippen LogP contribution in [0.3, 0.4) is 0 Å². The number of methoxy groups -OCH3 is 2. The third-order valence-corrected chi connectivity index (χ3v) is 5.25. The summed E-state index contributed by atoms with van der Waals surface area (Å²) in [4.78, 5) is 41.5. The number of urea groups is 1. The van der Waals surface area contributed by atoms with Gasteiger partial charge in [-0.15, -0.1) is 0 Å². The molecule has 0 spiro atoms. The highest BCUT2D eigenvalue weighted by molar-refractivity contribution is 6.10. The number of anilines is 2. The molecule has 2 aromatic rings. The Kier molecular flexibility index (Phi) is 5.18.